The maximum atomic E-state index is 13.8. The zero-order valence-electron chi connectivity index (χ0n) is 22.0. The molecular formula is C32H32N2O5. The fraction of sp³-hybridized carbons (Fsp3) is 0.312. The van der Waals surface area contributed by atoms with Crippen LogP contribution in [0.3, 0.4) is 0 Å². The van der Waals surface area contributed by atoms with Gasteiger partial charge in [0.2, 0.25) is 5.91 Å². The molecule has 7 nitrogen and oxygen atoms in total. The standard InChI is InChI=1S/C32H32N2O5/c1-2-39-31(38)28-27(35)21-32(17-19-33(20-18-32)29(36)26-11-7-4-8-12-26)34(30(28)37)22-23-13-15-25(16-14-23)24-9-5-3-6-10-24/h3-16,28H,2,17-22H2,1H3. The van der Waals surface area contributed by atoms with E-state index in [9.17, 15) is 19.2 Å². The van der Waals surface area contributed by atoms with Gasteiger partial charge in [-0.1, -0.05) is 72.8 Å². The molecule has 0 radical (unpaired) electrons. The van der Waals surface area contributed by atoms with Crippen LogP contribution in [0.1, 0.15) is 42.1 Å². The number of hydrogen-bond acceptors (Lipinski definition) is 5. The van der Waals surface area contributed by atoms with E-state index in [-0.39, 0.29) is 25.5 Å². The lowest BCUT2D eigenvalue weighted by molar-refractivity contribution is -0.169. The molecular weight excluding hydrogens is 492 g/mol. The Morgan fingerprint density at radius 1 is 0.846 bits per heavy atom. The molecule has 1 atom stereocenters. The zero-order valence-corrected chi connectivity index (χ0v) is 22.0. The Kier molecular flexibility index (Phi) is 7.59. The predicted molar refractivity (Wildman–Crippen MR) is 146 cm³/mol. The van der Waals surface area contributed by atoms with Gasteiger partial charge in [0.15, 0.2) is 11.7 Å². The highest BCUT2D eigenvalue weighted by molar-refractivity contribution is 6.18. The van der Waals surface area contributed by atoms with Gasteiger partial charge in [-0.25, -0.2) is 0 Å². The summed E-state index contributed by atoms with van der Waals surface area (Å²) in [5, 5.41) is 0. The second-order valence-corrected chi connectivity index (χ2v) is 10.2. The highest BCUT2D eigenvalue weighted by Gasteiger charge is 2.54. The summed E-state index contributed by atoms with van der Waals surface area (Å²) in [6, 6.07) is 27.1. The van der Waals surface area contributed by atoms with Crippen molar-refractivity contribution >= 4 is 23.6 Å². The average Bonchev–Trinajstić information content (AvgIpc) is 2.97. The maximum Gasteiger partial charge on any atom is 0.326 e. The number of hydrogen-bond donors (Lipinski definition) is 0. The average molecular weight is 525 g/mol. The molecule has 2 fully saturated rings. The summed E-state index contributed by atoms with van der Waals surface area (Å²) in [5.74, 6) is -3.21. The van der Waals surface area contributed by atoms with Gasteiger partial charge in [0.25, 0.3) is 5.91 Å². The molecule has 0 aromatic heterocycles. The first-order chi connectivity index (χ1) is 18.9. The van der Waals surface area contributed by atoms with Crippen LogP contribution in [0.5, 0.6) is 0 Å². The quantitative estimate of drug-likeness (QED) is 0.350. The van der Waals surface area contributed by atoms with Crippen molar-refractivity contribution in [1.82, 2.24) is 9.80 Å². The third-order valence-corrected chi connectivity index (χ3v) is 7.84. The van der Waals surface area contributed by atoms with Crippen LogP contribution in [0.15, 0.2) is 84.9 Å². The minimum atomic E-state index is -1.44. The number of esters is 1. The zero-order chi connectivity index (χ0) is 27.4. The van der Waals surface area contributed by atoms with Crippen LogP contribution in [0.2, 0.25) is 0 Å². The van der Waals surface area contributed by atoms with Crippen molar-refractivity contribution in [1.29, 1.82) is 0 Å². The number of amides is 2. The Bertz CT molecular complexity index is 1350. The van der Waals surface area contributed by atoms with Crippen molar-refractivity contribution in [2.75, 3.05) is 19.7 Å². The molecule has 3 aromatic rings. The van der Waals surface area contributed by atoms with E-state index in [0.717, 1.165) is 16.7 Å². The summed E-state index contributed by atoms with van der Waals surface area (Å²) < 4.78 is 5.10. The molecule has 1 spiro atoms. The van der Waals surface area contributed by atoms with E-state index < -0.39 is 29.1 Å². The van der Waals surface area contributed by atoms with Crippen molar-refractivity contribution in [3.63, 3.8) is 0 Å². The van der Waals surface area contributed by atoms with E-state index in [1.54, 1.807) is 28.9 Å². The molecule has 7 heteroatoms. The Labute approximate surface area is 228 Å². The molecule has 2 aliphatic rings. The number of rotatable bonds is 6. The van der Waals surface area contributed by atoms with Crippen LogP contribution in [0.4, 0.5) is 0 Å². The number of ether oxygens (including phenoxy) is 1. The predicted octanol–water partition coefficient (Wildman–Crippen LogP) is 4.51. The number of carbonyl (C=O) groups excluding carboxylic acids is 4. The van der Waals surface area contributed by atoms with Crippen LogP contribution in [0.25, 0.3) is 11.1 Å². The molecule has 0 N–H and O–H groups in total. The first-order valence-corrected chi connectivity index (χ1v) is 13.4. The monoisotopic (exact) mass is 524 g/mol. The lowest BCUT2D eigenvalue weighted by Crippen LogP contribution is -2.65. The first-order valence-electron chi connectivity index (χ1n) is 13.4. The van der Waals surface area contributed by atoms with Crippen molar-refractivity contribution in [2.24, 2.45) is 5.92 Å². The smallest absolute Gasteiger partial charge is 0.326 e. The van der Waals surface area contributed by atoms with Gasteiger partial charge < -0.3 is 14.5 Å². The van der Waals surface area contributed by atoms with Crippen LogP contribution in [-0.2, 0) is 25.7 Å². The number of ketones is 1. The highest BCUT2D eigenvalue weighted by atomic mass is 16.5. The van der Waals surface area contributed by atoms with E-state index in [1.165, 1.54) is 0 Å². The first kappa shape index (κ1) is 26.4. The number of carbonyl (C=O) groups is 4. The molecule has 0 aliphatic carbocycles. The number of nitrogens with zero attached hydrogens (tertiary/aromatic N) is 2. The van der Waals surface area contributed by atoms with Crippen LogP contribution in [0, 0.1) is 5.92 Å². The van der Waals surface area contributed by atoms with Crippen molar-refractivity contribution in [3.8, 4) is 11.1 Å². The van der Waals surface area contributed by atoms with E-state index in [4.69, 9.17) is 4.74 Å². The summed E-state index contributed by atoms with van der Waals surface area (Å²) in [6.07, 6.45) is 0.985. The molecule has 39 heavy (non-hydrogen) atoms. The molecule has 2 saturated heterocycles. The largest absolute Gasteiger partial charge is 0.465 e. The summed E-state index contributed by atoms with van der Waals surface area (Å²) in [6.45, 7) is 2.86. The van der Waals surface area contributed by atoms with Gasteiger partial charge >= 0.3 is 5.97 Å². The van der Waals surface area contributed by atoms with E-state index in [0.29, 0.717) is 31.5 Å². The summed E-state index contributed by atoms with van der Waals surface area (Å²) in [5.41, 5.74) is 2.91. The SMILES string of the molecule is CCOC(=O)C1C(=O)CC2(CCN(C(=O)c3ccccc3)CC2)N(Cc2ccc(-c3ccccc3)cc2)C1=O. The third-order valence-electron chi connectivity index (χ3n) is 7.84. The molecule has 2 heterocycles. The maximum absolute atomic E-state index is 13.8. The Balaban J connectivity index is 1.40. The van der Waals surface area contributed by atoms with Crippen LogP contribution >= 0.6 is 0 Å². The molecule has 5 rings (SSSR count). The van der Waals surface area contributed by atoms with Gasteiger partial charge in [0.1, 0.15) is 0 Å². The van der Waals surface area contributed by atoms with Crippen LogP contribution < -0.4 is 0 Å². The fourth-order valence-corrected chi connectivity index (χ4v) is 5.70. The summed E-state index contributed by atoms with van der Waals surface area (Å²) >= 11 is 0. The van der Waals surface area contributed by atoms with Gasteiger partial charge in [-0.2, -0.15) is 0 Å². The molecule has 2 amide bonds. The van der Waals surface area contributed by atoms with Gasteiger partial charge in [-0.05, 0) is 48.6 Å². The van der Waals surface area contributed by atoms with Gasteiger partial charge in [-0.3, -0.25) is 19.2 Å². The van der Waals surface area contributed by atoms with Crippen LogP contribution in [-0.4, -0.2) is 58.6 Å². The Hall–Kier alpha value is -4.26. The van der Waals surface area contributed by atoms with Crippen molar-refractivity contribution < 1.29 is 23.9 Å². The number of likely N-dealkylation sites (tertiary alicyclic amines) is 2. The molecule has 1 unspecified atom stereocenters. The second kappa shape index (κ2) is 11.2. The lowest BCUT2D eigenvalue weighted by Gasteiger charge is -2.52. The highest BCUT2D eigenvalue weighted by Crippen LogP contribution is 2.40. The van der Waals surface area contributed by atoms with E-state index >= 15 is 0 Å². The second-order valence-electron chi connectivity index (χ2n) is 10.2. The molecule has 3 aromatic carbocycles. The fourth-order valence-electron chi connectivity index (χ4n) is 5.70. The number of Topliss-reactive ketones (excluding diaryl/α,β-unsaturated/α-hetero) is 1. The van der Waals surface area contributed by atoms with Crippen molar-refractivity contribution in [3.05, 3.63) is 96.1 Å². The number of benzene rings is 3. The van der Waals surface area contributed by atoms with E-state index in [1.807, 2.05) is 72.8 Å². The Morgan fingerprint density at radius 2 is 1.44 bits per heavy atom. The molecule has 200 valence electrons. The summed E-state index contributed by atoms with van der Waals surface area (Å²) in [7, 11) is 0. The summed E-state index contributed by atoms with van der Waals surface area (Å²) in [4.78, 5) is 56.2. The number of piperidine rings is 2. The minimum Gasteiger partial charge on any atom is -0.465 e. The topological polar surface area (TPSA) is 84.0 Å². The normalized spacial score (nSPS) is 18.7. The molecule has 0 saturated carbocycles. The van der Waals surface area contributed by atoms with Crippen molar-refractivity contribution in [2.45, 2.75) is 38.3 Å². The van der Waals surface area contributed by atoms with Gasteiger partial charge in [0, 0.05) is 31.6 Å². The minimum absolute atomic E-state index is 0.0636. The molecule has 0 bridgehead atoms. The van der Waals surface area contributed by atoms with Gasteiger partial charge in [-0.15, -0.1) is 0 Å². The third kappa shape index (κ3) is 5.35. The molecule has 2 aliphatic heterocycles. The lowest BCUT2D eigenvalue weighted by atomic mass is 9.74. The van der Waals surface area contributed by atoms with E-state index in [2.05, 4.69) is 0 Å². The Morgan fingerprint density at radius 3 is 2.05 bits per heavy atom. The van der Waals surface area contributed by atoms with Gasteiger partial charge in [0.05, 0.1) is 12.1 Å².